The Labute approximate surface area is 141 Å². The van der Waals surface area contributed by atoms with Crippen LogP contribution >= 0.6 is 0 Å². The minimum atomic E-state index is -4.37. The Morgan fingerprint density at radius 3 is 2.20 bits per heavy atom. The molecule has 1 aliphatic rings. The van der Waals surface area contributed by atoms with Crippen LogP contribution in [0.2, 0.25) is 0 Å². The Hall–Kier alpha value is -3.22. The number of benzene rings is 1. The van der Waals surface area contributed by atoms with E-state index in [2.05, 4.69) is 20.3 Å². The van der Waals surface area contributed by atoms with E-state index in [0.717, 1.165) is 12.1 Å². The van der Waals surface area contributed by atoms with E-state index in [9.17, 15) is 13.2 Å². The summed E-state index contributed by atoms with van der Waals surface area (Å²) in [6.45, 7) is 0. The Bertz CT molecular complexity index is 963. The molecule has 7 heteroatoms. The van der Waals surface area contributed by atoms with Crippen molar-refractivity contribution in [2.75, 3.05) is 5.32 Å². The van der Waals surface area contributed by atoms with Crippen LogP contribution in [0.5, 0.6) is 0 Å². The average Bonchev–Trinajstić information content (AvgIpc) is 2.78. The lowest BCUT2D eigenvalue weighted by Gasteiger charge is -2.11. The summed E-state index contributed by atoms with van der Waals surface area (Å²) in [4.78, 5) is 13.2. The fraction of sp³-hybridized carbons (Fsp3) is 0.0556. The van der Waals surface area contributed by atoms with Gasteiger partial charge in [-0.05, 0) is 36.4 Å². The van der Waals surface area contributed by atoms with Crippen molar-refractivity contribution in [1.29, 1.82) is 0 Å². The van der Waals surface area contributed by atoms with Crippen LogP contribution < -0.4 is 5.32 Å². The van der Waals surface area contributed by atoms with Crippen LogP contribution in [-0.2, 0) is 6.18 Å². The monoisotopic (exact) mass is 340 g/mol. The predicted molar refractivity (Wildman–Crippen MR) is 88.7 cm³/mol. The third-order valence-electron chi connectivity index (χ3n) is 3.79. The third-order valence-corrected chi connectivity index (χ3v) is 3.79. The lowest BCUT2D eigenvalue weighted by molar-refractivity contribution is -0.137. The SMILES string of the molecule is FC(F)(F)c1ccc(C2=Nc3cccnc3-c3ncccc3N2)cc1. The van der Waals surface area contributed by atoms with E-state index in [1.807, 2.05) is 6.07 Å². The Balaban J connectivity index is 1.83. The lowest BCUT2D eigenvalue weighted by Crippen LogP contribution is -2.14. The maximum absolute atomic E-state index is 12.8. The predicted octanol–water partition coefficient (Wildman–Crippen LogP) is 4.67. The van der Waals surface area contributed by atoms with Gasteiger partial charge < -0.3 is 5.32 Å². The van der Waals surface area contributed by atoms with Crippen molar-refractivity contribution in [3.63, 3.8) is 0 Å². The number of fused-ring (bicyclic) bond motifs is 3. The van der Waals surface area contributed by atoms with Gasteiger partial charge in [-0.1, -0.05) is 12.1 Å². The van der Waals surface area contributed by atoms with E-state index in [4.69, 9.17) is 0 Å². The van der Waals surface area contributed by atoms with Gasteiger partial charge in [-0.2, -0.15) is 13.2 Å². The number of anilines is 1. The Morgan fingerprint density at radius 2 is 1.48 bits per heavy atom. The maximum Gasteiger partial charge on any atom is 0.416 e. The molecule has 0 saturated heterocycles. The molecule has 2 aromatic heterocycles. The smallest absolute Gasteiger partial charge is 0.338 e. The number of halogens is 3. The molecule has 1 aliphatic heterocycles. The quantitative estimate of drug-likeness (QED) is 0.700. The molecule has 0 atom stereocenters. The number of aromatic nitrogens is 2. The number of alkyl halides is 3. The summed E-state index contributed by atoms with van der Waals surface area (Å²) >= 11 is 0. The zero-order valence-corrected chi connectivity index (χ0v) is 12.7. The number of nitrogens with zero attached hydrogens (tertiary/aromatic N) is 3. The molecule has 0 aliphatic carbocycles. The minimum Gasteiger partial charge on any atom is -0.338 e. The summed E-state index contributed by atoms with van der Waals surface area (Å²) in [5.41, 5.74) is 2.39. The summed E-state index contributed by atoms with van der Waals surface area (Å²) in [7, 11) is 0. The van der Waals surface area contributed by atoms with Crippen LogP contribution in [-0.4, -0.2) is 15.8 Å². The van der Waals surface area contributed by atoms with Gasteiger partial charge in [-0.3, -0.25) is 9.97 Å². The van der Waals surface area contributed by atoms with Crippen molar-refractivity contribution < 1.29 is 13.2 Å². The fourth-order valence-corrected chi connectivity index (χ4v) is 2.59. The first-order chi connectivity index (χ1) is 12.0. The van der Waals surface area contributed by atoms with Crippen molar-refractivity contribution in [2.45, 2.75) is 6.18 Å². The number of rotatable bonds is 1. The molecule has 0 amide bonds. The van der Waals surface area contributed by atoms with Gasteiger partial charge in [-0.15, -0.1) is 0 Å². The highest BCUT2D eigenvalue weighted by Gasteiger charge is 2.30. The number of hydrogen-bond acceptors (Lipinski definition) is 4. The molecular formula is C18H11F3N4. The van der Waals surface area contributed by atoms with Crippen LogP contribution in [0.15, 0.2) is 65.9 Å². The molecule has 1 aromatic carbocycles. The summed E-state index contributed by atoms with van der Waals surface area (Å²) in [6, 6.07) is 12.0. The van der Waals surface area contributed by atoms with Crippen LogP contribution in [0.3, 0.4) is 0 Å². The van der Waals surface area contributed by atoms with E-state index < -0.39 is 11.7 Å². The summed E-state index contributed by atoms with van der Waals surface area (Å²) in [5, 5.41) is 3.15. The van der Waals surface area contributed by atoms with Crippen molar-refractivity contribution in [3.8, 4) is 11.4 Å². The molecule has 3 aromatic rings. The number of hydrogen-bond donors (Lipinski definition) is 1. The Kier molecular flexibility index (Phi) is 3.49. The largest absolute Gasteiger partial charge is 0.416 e. The van der Waals surface area contributed by atoms with Crippen molar-refractivity contribution in [3.05, 3.63) is 72.1 Å². The van der Waals surface area contributed by atoms with Gasteiger partial charge in [0.25, 0.3) is 0 Å². The maximum atomic E-state index is 12.8. The highest BCUT2D eigenvalue weighted by molar-refractivity contribution is 6.12. The third kappa shape index (κ3) is 2.84. The van der Waals surface area contributed by atoms with E-state index in [0.29, 0.717) is 34.2 Å². The first-order valence-corrected chi connectivity index (χ1v) is 7.46. The molecule has 0 radical (unpaired) electrons. The van der Waals surface area contributed by atoms with Crippen LogP contribution in [0.1, 0.15) is 11.1 Å². The summed E-state index contributed by atoms with van der Waals surface area (Å²) < 4.78 is 38.3. The molecule has 0 fully saturated rings. The molecule has 1 N–H and O–H groups in total. The number of aliphatic imine (C=N–C) groups is 1. The highest BCUT2D eigenvalue weighted by atomic mass is 19.4. The van der Waals surface area contributed by atoms with Gasteiger partial charge in [0.1, 0.15) is 17.2 Å². The van der Waals surface area contributed by atoms with Gasteiger partial charge in [0.05, 0.1) is 16.9 Å². The van der Waals surface area contributed by atoms with E-state index in [1.54, 1.807) is 30.6 Å². The molecule has 124 valence electrons. The average molecular weight is 340 g/mol. The van der Waals surface area contributed by atoms with E-state index in [-0.39, 0.29) is 0 Å². The van der Waals surface area contributed by atoms with Gasteiger partial charge in [0.15, 0.2) is 0 Å². The van der Waals surface area contributed by atoms with Crippen LogP contribution in [0.25, 0.3) is 11.4 Å². The van der Waals surface area contributed by atoms with Crippen LogP contribution in [0, 0.1) is 0 Å². The number of nitrogens with one attached hydrogen (secondary N) is 1. The van der Waals surface area contributed by atoms with Crippen molar-refractivity contribution >= 4 is 17.2 Å². The highest BCUT2D eigenvalue weighted by Crippen LogP contribution is 2.35. The first-order valence-electron chi connectivity index (χ1n) is 7.46. The second-order valence-electron chi connectivity index (χ2n) is 5.43. The van der Waals surface area contributed by atoms with Crippen LogP contribution in [0.4, 0.5) is 24.5 Å². The lowest BCUT2D eigenvalue weighted by atomic mass is 10.1. The van der Waals surface area contributed by atoms with E-state index in [1.165, 1.54) is 12.1 Å². The zero-order chi connectivity index (χ0) is 17.4. The van der Waals surface area contributed by atoms with E-state index >= 15 is 0 Å². The second kappa shape index (κ2) is 5.70. The topological polar surface area (TPSA) is 50.2 Å². The molecular weight excluding hydrogens is 329 g/mol. The van der Waals surface area contributed by atoms with Gasteiger partial charge in [0, 0.05) is 18.0 Å². The molecule has 0 unspecified atom stereocenters. The summed E-state index contributed by atoms with van der Waals surface area (Å²) in [6.07, 6.45) is -1.07. The normalized spacial score (nSPS) is 13.2. The second-order valence-corrected chi connectivity index (χ2v) is 5.43. The molecule has 0 saturated carbocycles. The Morgan fingerprint density at radius 1 is 0.800 bits per heavy atom. The molecule has 0 spiro atoms. The van der Waals surface area contributed by atoms with Crippen molar-refractivity contribution in [1.82, 2.24) is 9.97 Å². The molecule has 0 bridgehead atoms. The number of pyridine rings is 2. The molecule has 3 heterocycles. The van der Waals surface area contributed by atoms with Crippen molar-refractivity contribution in [2.24, 2.45) is 4.99 Å². The first kappa shape index (κ1) is 15.3. The van der Waals surface area contributed by atoms with Gasteiger partial charge in [0.2, 0.25) is 0 Å². The molecule has 4 rings (SSSR count). The van der Waals surface area contributed by atoms with Gasteiger partial charge in [-0.25, -0.2) is 4.99 Å². The standard InChI is InChI=1S/C18H11F3N4/c19-18(20,21)12-7-5-11(6-8-12)17-24-13-3-1-9-22-15(13)16-14(25-17)4-2-10-23-16/h1-10H,(H,24,25). The minimum absolute atomic E-state index is 0.440. The molecule has 25 heavy (non-hydrogen) atoms. The zero-order valence-electron chi connectivity index (χ0n) is 12.7. The fourth-order valence-electron chi connectivity index (χ4n) is 2.59. The van der Waals surface area contributed by atoms with Gasteiger partial charge >= 0.3 is 6.18 Å². The molecule has 4 nitrogen and oxygen atoms in total. The number of amidine groups is 1. The summed E-state index contributed by atoms with van der Waals surface area (Å²) in [5.74, 6) is 0.440.